The number of nitrogens with one attached hydrogen (secondary N) is 1. The summed E-state index contributed by atoms with van der Waals surface area (Å²) < 4.78 is 20.4. The lowest BCUT2D eigenvalue weighted by molar-refractivity contribution is -0.113. The highest BCUT2D eigenvalue weighted by Crippen LogP contribution is 2.26. The molecule has 0 bridgehead atoms. The van der Waals surface area contributed by atoms with E-state index >= 15 is 0 Å². The Kier molecular flexibility index (Phi) is 7.33. The first-order valence-corrected chi connectivity index (χ1v) is 10.7. The van der Waals surface area contributed by atoms with Crippen LogP contribution in [0.25, 0.3) is 0 Å². The lowest BCUT2D eigenvalue weighted by Gasteiger charge is -2.09. The Labute approximate surface area is 183 Å². The lowest BCUT2D eigenvalue weighted by Crippen LogP contribution is -2.14. The van der Waals surface area contributed by atoms with E-state index in [2.05, 4.69) is 29.4 Å². The number of ether oxygens (including phenoxy) is 1. The standard InChI is InChI=1S/C21H22ClFN4O2S/c1-13(2)14-4-7-16(8-5-14)24-20(28)12-30-21-26-25-19(27(21)3)11-29-18-9-6-15(23)10-17(18)22/h4-10,13H,11-12H2,1-3H3,(H,24,28). The topological polar surface area (TPSA) is 69.0 Å². The first-order valence-electron chi connectivity index (χ1n) is 9.32. The SMILES string of the molecule is CC(C)c1ccc(NC(=O)CSc2nnc(COc3ccc(F)cc3Cl)n2C)cc1. The van der Waals surface area contributed by atoms with Gasteiger partial charge in [-0.25, -0.2) is 4.39 Å². The molecule has 0 aliphatic rings. The van der Waals surface area contributed by atoms with E-state index in [1.165, 1.54) is 35.5 Å². The largest absolute Gasteiger partial charge is 0.484 e. The van der Waals surface area contributed by atoms with Crippen LogP contribution in [0.4, 0.5) is 10.1 Å². The van der Waals surface area contributed by atoms with Crippen LogP contribution in [0.1, 0.15) is 31.2 Å². The molecule has 0 radical (unpaired) electrons. The fraction of sp³-hybridized carbons (Fsp3) is 0.286. The fourth-order valence-corrected chi connectivity index (χ4v) is 3.56. The lowest BCUT2D eigenvalue weighted by atomic mass is 10.0. The summed E-state index contributed by atoms with van der Waals surface area (Å²) in [4.78, 5) is 12.2. The molecule has 0 fully saturated rings. The minimum absolute atomic E-state index is 0.115. The van der Waals surface area contributed by atoms with Crippen molar-refractivity contribution in [2.45, 2.75) is 31.5 Å². The summed E-state index contributed by atoms with van der Waals surface area (Å²) >= 11 is 7.24. The summed E-state index contributed by atoms with van der Waals surface area (Å²) in [6, 6.07) is 11.7. The number of benzene rings is 2. The molecule has 9 heteroatoms. The van der Waals surface area contributed by atoms with Crippen LogP contribution in [0.2, 0.25) is 5.02 Å². The number of carbonyl (C=O) groups excluding carboxylic acids is 1. The molecule has 3 aromatic rings. The van der Waals surface area contributed by atoms with Gasteiger partial charge in [0.05, 0.1) is 10.8 Å². The second kappa shape index (κ2) is 9.95. The van der Waals surface area contributed by atoms with Gasteiger partial charge in [0.15, 0.2) is 11.0 Å². The third-order valence-corrected chi connectivity index (χ3v) is 5.68. The van der Waals surface area contributed by atoms with Crippen LogP contribution in [0.5, 0.6) is 5.75 Å². The molecule has 0 spiro atoms. The minimum atomic E-state index is -0.432. The number of hydrogen-bond donors (Lipinski definition) is 1. The molecule has 0 atom stereocenters. The summed E-state index contributed by atoms with van der Waals surface area (Å²) in [5.41, 5.74) is 1.98. The summed E-state index contributed by atoms with van der Waals surface area (Å²) in [5, 5.41) is 11.8. The number of anilines is 1. The minimum Gasteiger partial charge on any atom is -0.484 e. The third kappa shape index (κ3) is 5.73. The van der Waals surface area contributed by atoms with E-state index in [4.69, 9.17) is 16.3 Å². The normalized spacial score (nSPS) is 11.0. The number of carbonyl (C=O) groups is 1. The van der Waals surface area contributed by atoms with Crippen molar-refractivity contribution in [3.63, 3.8) is 0 Å². The Morgan fingerprint density at radius 2 is 1.97 bits per heavy atom. The van der Waals surface area contributed by atoms with Gasteiger partial charge in [0, 0.05) is 12.7 Å². The summed E-state index contributed by atoms with van der Waals surface area (Å²) in [6.07, 6.45) is 0. The van der Waals surface area contributed by atoms with Gasteiger partial charge in [-0.3, -0.25) is 4.79 Å². The van der Waals surface area contributed by atoms with E-state index in [1.807, 2.05) is 24.3 Å². The molecule has 1 N–H and O–H groups in total. The Hall–Kier alpha value is -2.58. The van der Waals surface area contributed by atoms with Gasteiger partial charge in [-0.15, -0.1) is 10.2 Å². The van der Waals surface area contributed by atoms with Gasteiger partial charge in [0.1, 0.15) is 18.2 Å². The van der Waals surface area contributed by atoms with Crippen molar-refractivity contribution in [3.8, 4) is 5.75 Å². The number of rotatable bonds is 8. The van der Waals surface area contributed by atoms with E-state index < -0.39 is 5.82 Å². The Bertz CT molecular complexity index is 1020. The van der Waals surface area contributed by atoms with Gasteiger partial charge in [-0.05, 0) is 41.8 Å². The van der Waals surface area contributed by atoms with Crippen molar-refractivity contribution in [3.05, 3.63) is 64.7 Å². The van der Waals surface area contributed by atoms with Gasteiger partial charge in [-0.2, -0.15) is 0 Å². The van der Waals surface area contributed by atoms with Crippen molar-refractivity contribution >= 4 is 35.0 Å². The molecule has 2 aromatic carbocycles. The molecule has 0 saturated heterocycles. The first kappa shape index (κ1) is 22.1. The second-order valence-electron chi connectivity index (χ2n) is 6.93. The predicted molar refractivity (Wildman–Crippen MR) is 117 cm³/mol. The quantitative estimate of drug-likeness (QED) is 0.489. The van der Waals surface area contributed by atoms with Crippen LogP contribution in [0.15, 0.2) is 47.6 Å². The smallest absolute Gasteiger partial charge is 0.234 e. The van der Waals surface area contributed by atoms with Crippen LogP contribution < -0.4 is 10.1 Å². The monoisotopic (exact) mass is 448 g/mol. The molecule has 0 unspecified atom stereocenters. The molecule has 158 valence electrons. The van der Waals surface area contributed by atoms with Crippen LogP contribution in [-0.4, -0.2) is 26.4 Å². The number of thioether (sulfide) groups is 1. The Morgan fingerprint density at radius 1 is 1.23 bits per heavy atom. The van der Waals surface area contributed by atoms with Crippen molar-refractivity contribution in [1.29, 1.82) is 0 Å². The molecular formula is C21H22ClFN4O2S. The number of hydrogen-bond acceptors (Lipinski definition) is 5. The maximum Gasteiger partial charge on any atom is 0.234 e. The molecule has 0 saturated carbocycles. The first-order chi connectivity index (χ1) is 14.3. The van der Waals surface area contributed by atoms with E-state index in [-0.39, 0.29) is 23.3 Å². The summed E-state index contributed by atoms with van der Waals surface area (Å²) in [6.45, 7) is 4.36. The van der Waals surface area contributed by atoms with Gasteiger partial charge >= 0.3 is 0 Å². The van der Waals surface area contributed by atoms with Crippen molar-refractivity contribution in [2.24, 2.45) is 7.05 Å². The molecule has 3 rings (SSSR count). The van der Waals surface area contributed by atoms with E-state index in [1.54, 1.807) is 11.6 Å². The maximum absolute atomic E-state index is 13.1. The van der Waals surface area contributed by atoms with Crippen LogP contribution in [0.3, 0.4) is 0 Å². The van der Waals surface area contributed by atoms with E-state index in [0.717, 1.165) is 5.69 Å². The average Bonchev–Trinajstić information content (AvgIpc) is 3.06. The van der Waals surface area contributed by atoms with E-state index in [0.29, 0.717) is 22.6 Å². The number of halogens is 2. The fourth-order valence-electron chi connectivity index (χ4n) is 2.61. The summed E-state index contributed by atoms with van der Waals surface area (Å²) in [7, 11) is 1.79. The molecule has 0 aliphatic carbocycles. The zero-order valence-electron chi connectivity index (χ0n) is 16.9. The van der Waals surface area contributed by atoms with Crippen LogP contribution >= 0.6 is 23.4 Å². The Morgan fingerprint density at radius 3 is 2.63 bits per heavy atom. The zero-order chi connectivity index (χ0) is 21.7. The molecule has 1 aromatic heterocycles. The average molecular weight is 449 g/mol. The number of aromatic nitrogens is 3. The third-order valence-electron chi connectivity index (χ3n) is 4.37. The molecular weight excluding hydrogens is 427 g/mol. The van der Waals surface area contributed by atoms with Crippen LogP contribution in [0, 0.1) is 5.82 Å². The van der Waals surface area contributed by atoms with Crippen molar-refractivity contribution < 1.29 is 13.9 Å². The highest BCUT2D eigenvalue weighted by Gasteiger charge is 2.13. The summed E-state index contributed by atoms with van der Waals surface area (Å²) in [5.74, 6) is 0.997. The molecule has 1 heterocycles. The van der Waals surface area contributed by atoms with E-state index in [9.17, 15) is 9.18 Å². The maximum atomic E-state index is 13.1. The Balaban J connectivity index is 1.52. The van der Waals surface area contributed by atoms with Gasteiger partial charge < -0.3 is 14.6 Å². The molecule has 6 nitrogen and oxygen atoms in total. The number of nitrogens with zero attached hydrogens (tertiary/aromatic N) is 3. The highest BCUT2D eigenvalue weighted by molar-refractivity contribution is 7.99. The predicted octanol–water partition coefficient (Wildman–Crippen LogP) is 5.04. The number of amides is 1. The van der Waals surface area contributed by atoms with Gasteiger partial charge in [0.2, 0.25) is 5.91 Å². The molecule has 1 amide bonds. The van der Waals surface area contributed by atoms with Gasteiger partial charge in [-0.1, -0.05) is 49.3 Å². The molecule has 30 heavy (non-hydrogen) atoms. The van der Waals surface area contributed by atoms with Crippen molar-refractivity contribution in [2.75, 3.05) is 11.1 Å². The highest BCUT2D eigenvalue weighted by atomic mass is 35.5. The van der Waals surface area contributed by atoms with Gasteiger partial charge in [0.25, 0.3) is 0 Å². The zero-order valence-corrected chi connectivity index (χ0v) is 18.4. The second-order valence-corrected chi connectivity index (χ2v) is 8.28. The molecule has 0 aliphatic heterocycles. The van der Waals surface area contributed by atoms with Crippen molar-refractivity contribution in [1.82, 2.24) is 14.8 Å². The van der Waals surface area contributed by atoms with Crippen LogP contribution in [-0.2, 0) is 18.4 Å².